The molecule has 0 spiro atoms. The van der Waals surface area contributed by atoms with Gasteiger partial charge in [-0.25, -0.2) is 0 Å². The standard InChI is InChI=1S/C20H24N2O2.Co/c23-19-11-5-3-9-17(19)15-21-13-7-1-2-8-14-22-16-18-10-4-6-12-20(18)24;/h3-6,9-12,15-16,23-24H,1-2,7-8,13-14H2;/q;+3. The summed E-state index contributed by atoms with van der Waals surface area (Å²) < 4.78 is 0. The van der Waals surface area contributed by atoms with Gasteiger partial charge < -0.3 is 10.2 Å². The Balaban J connectivity index is 0.00000312. The van der Waals surface area contributed by atoms with Crippen molar-refractivity contribution >= 4 is 12.4 Å². The number of para-hydroxylation sites is 2. The van der Waals surface area contributed by atoms with Crippen molar-refractivity contribution in [2.75, 3.05) is 13.1 Å². The van der Waals surface area contributed by atoms with Gasteiger partial charge in [0.2, 0.25) is 0 Å². The van der Waals surface area contributed by atoms with Gasteiger partial charge in [0, 0.05) is 36.6 Å². The van der Waals surface area contributed by atoms with Gasteiger partial charge in [0.15, 0.2) is 0 Å². The van der Waals surface area contributed by atoms with E-state index in [1.54, 1.807) is 36.7 Å². The van der Waals surface area contributed by atoms with Crippen LogP contribution in [0.4, 0.5) is 0 Å². The van der Waals surface area contributed by atoms with Gasteiger partial charge in [-0.1, -0.05) is 37.1 Å². The van der Waals surface area contributed by atoms with Crippen LogP contribution in [-0.4, -0.2) is 35.7 Å². The van der Waals surface area contributed by atoms with Crippen LogP contribution in [0.25, 0.3) is 0 Å². The van der Waals surface area contributed by atoms with E-state index in [0.717, 1.165) is 49.9 Å². The minimum absolute atomic E-state index is 0. The summed E-state index contributed by atoms with van der Waals surface area (Å²) in [4.78, 5) is 8.69. The van der Waals surface area contributed by atoms with Crippen molar-refractivity contribution in [1.82, 2.24) is 0 Å². The summed E-state index contributed by atoms with van der Waals surface area (Å²) in [5, 5.41) is 19.2. The summed E-state index contributed by atoms with van der Waals surface area (Å²) in [5.74, 6) is 0.534. The summed E-state index contributed by atoms with van der Waals surface area (Å²) in [6, 6.07) is 14.4. The number of phenols is 2. The predicted molar refractivity (Wildman–Crippen MR) is 99.6 cm³/mol. The normalized spacial score (nSPS) is 11.0. The fraction of sp³-hybridized carbons (Fsp3) is 0.300. The Morgan fingerprint density at radius 2 is 1.04 bits per heavy atom. The van der Waals surface area contributed by atoms with Crippen molar-refractivity contribution in [3.8, 4) is 11.5 Å². The zero-order valence-electron chi connectivity index (χ0n) is 14.1. The molecule has 0 aliphatic carbocycles. The van der Waals surface area contributed by atoms with Crippen molar-refractivity contribution in [2.45, 2.75) is 25.7 Å². The summed E-state index contributed by atoms with van der Waals surface area (Å²) >= 11 is 0. The van der Waals surface area contributed by atoms with Gasteiger partial charge in [-0.3, -0.25) is 9.98 Å². The predicted octanol–water partition coefficient (Wildman–Crippen LogP) is 4.19. The molecule has 2 aromatic rings. The average Bonchev–Trinajstić information content (AvgIpc) is 2.59. The molecule has 0 aliphatic heterocycles. The van der Waals surface area contributed by atoms with Crippen LogP contribution in [0.2, 0.25) is 0 Å². The first-order valence-electron chi connectivity index (χ1n) is 8.33. The molecule has 0 bridgehead atoms. The van der Waals surface area contributed by atoms with E-state index in [0.29, 0.717) is 0 Å². The third-order valence-corrected chi connectivity index (χ3v) is 3.66. The zero-order valence-corrected chi connectivity index (χ0v) is 15.2. The minimum atomic E-state index is 0. The van der Waals surface area contributed by atoms with Crippen molar-refractivity contribution in [3.05, 3.63) is 59.7 Å². The van der Waals surface area contributed by atoms with Crippen molar-refractivity contribution < 1.29 is 27.0 Å². The van der Waals surface area contributed by atoms with E-state index in [2.05, 4.69) is 9.98 Å². The molecule has 0 heterocycles. The van der Waals surface area contributed by atoms with Gasteiger partial charge in [-0.05, 0) is 37.1 Å². The topological polar surface area (TPSA) is 65.2 Å². The Labute approximate surface area is 159 Å². The maximum Gasteiger partial charge on any atom is 3.00 e. The number of aliphatic imine (C=N–C) groups is 2. The Morgan fingerprint density at radius 3 is 1.44 bits per heavy atom. The monoisotopic (exact) mass is 383 g/mol. The number of phenolic OH excluding ortho intramolecular Hbond substituents is 2. The first kappa shape index (κ1) is 20.9. The maximum absolute atomic E-state index is 9.61. The van der Waals surface area contributed by atoms with Crippen LogP contribution >= 0.6 is 0 Å². The quantitative estimate of drug-likeness (QED) is 0.504. The summed E-state index contributed by atoms with van der Waals surface area (Å²) in [7, 11) is 0. The Kier molecular flexibility index (Phi) is 10.3. The molecule has 0 unspecified atom stereocenters. The van der Waals surface area contributed by atoms with E-state index >= 15 is 0 Å². The van der Waals surface area contributed by atoms with Crippen LogP contribution in [0.15, 0.2) is 58.5 Å². The third-order valence-electron chi connectivity index (χ3n) is 3.66. The molecule has 132 valence electrons. The molecular formula is C20H24CoN2O2+3. The van der Waals surface area contributed by atoms with E-state index in [1.165, 1.54) is 0 Å². The van der Waals surface area contributed by atoms with E-state index in [4.69, 9.17) is 0 Å². The van der Waals surface area contributed by atoms with Crippen LogP contribution in [0, 0.1) is 0 Å². The molecule has 0 amide bonds. The fourth-order valence-corrected chi connectivity index (χ4v) is 2.28. The molecule has 2 N–H and O–H groups in total. The third kappa shape index (κ3) is 8.00. The van der Waals surface area contributed by atoms with Gasteiger partial charge in [-0.2, -0.15) is 0 Å². The molecule has 5 heteroatoms. The molecule has 2 aromatic carbocycles. The molecule has 4 nitrogen and oxygen atoms in total. The summed E-state index contributed by atoms with van der Waals surface area (Å²) in [6.07, 6.45) is 7.76. The maximum atomic E-state index is 9.61. The molecule has 0 atom stereocenters. The fourth-order valence-electron chi connectivity index (χ4n) is 2.28. The number of nitrogens with zero attached hydrogens (tertiary/aromatic N) is 2. The van der Waals surface area contributed by atoms with Gasteiger partial charge >= 0.3 is 16.8 Å². The van der Waals surface area contributed by atoms with E-state index < -0.39 is 0 Å². The van der Waals surface area contributed by atoms with Crippen LogP contribution in [0.1, 0.15) is 36.8 Å². The number of hydrogen-bond donors (Lipinski definition) is 2. The van der Waals surface area contributed by atoms with E-state index in [1.807, 2.05) is 24.3 Å². The molecule has 0 radical (unpaired) electrons. The number of benzene rings is 2. The van der Waals surface area contributed by atoms with E-state index in [-0.39, 0.29) is 28.3 Å². The second kappa shape index (κ2) is 12.3. The Morgan fingerprint density at radius 1 is 0.640 bits per heavy atom. The zero-order chi connectivity index (χ0) is 17.0. The van der Waals surface area contributed by atoms with Crippen molar-refractivity contribution in [3.63, 3.8) is 0 Å². The molecule has 0 saturated heterocycles. The first-order valence-corrected chi connectivity index (χ1v) is 8.33. The minimum Gasteiger partial charge on any atom is -0.507 e. The molecular weight excluding hydrogens is 359 g/mol. The largest absolute Gasteiger partial charge is 3.00 e. The second-order valence-corrected chi connectivity index (χ2v) is 5.60. The number of aromatic hydroxyl groups is 2. The van der Waals surface area contributed by atoms with Crippen molar-refractivity contribution in [1.29, 1.82) is 0 Å². The van der Waals surface area contributed by atoms with Crippen LogP contribution < -0.4 is 0 Å². The van der Waals surface area contributed by atoms with E-state index in [9.17, 15) is 10.2 Å². The first-order chi connectivity index (χ1) is 11.8. The Hall–Kier alpha value is -2.11. The Bertz CT molecular complexity index is 627. The van der Waals surface area contributed by atoms with Crippen LogP contribution in [-0.2, 0) is 16.8 Å². The van der Waals surface area contributed by atoms with Crippen LogP contribution in [0.5, 0.6) is 11.5 Å². The molecule has 0 aromatic heterocycles. The SMILES string of the molecule is Oc1ccccc1C=NCCCCCCN=Cc1ccccc1O.[Co+3]. The van der Waals surface area contributed by atoms with Gasteiger partial charge in [0.25, 0.3) is 0 Å². The summed E-state index contributed by atoms with van der Waals surface area (Å²) in [5.41, 5.74) is 1.52. The second-order valence-electron chi connectivity index (χ2n) is 5.60. The number of rotatable bonds is 9. The molecule has 0 saturated carbocycles. The van der Waals surface area contributed by atoms with Crippen LogP contribution in [0.3, 0.4) is 0 Å². The summed E-state index contributed by atoms with van der Waals surface area (Å²) in [6.45, 7) is 1.55. The number of unbranched alkanes of at least 4 members (excludes halogenated alkanes) is 3. The molecule has 2 rings (SSSR count). The smallest absolute Gasteiger partial charge is 0.507 e. The number of hydrogen-bond acceptors (Lipinski definition) is 4. The molecule has 0 fully saturated rings. The van der Waals surface area contributed by atoms with Gasteiger partial charge in [0.05, 0.1) is 0 Å². The molecule has 0 aliphatic rings. The molecule has 25 heavy (non-hydrogen) atoms. The average molecular weight is 383 g/mol. The van der Waals surface area contributed by atoms with Gasteiger partial charge in [-0.15, -0.1) is 0 Å². The van der Waals surface area contributed by atoms with Crippen molar-refractivity contribution in [2.24, 2.45) is 9.98 Å². The van der Waals surface area contributed by atoms with Gasteiger partial charge in [0.1, 0.15) is 11.5 Å².